The van der Waals surface area contributed by atoms with E-state index in [2.05, 4.69) is 38.3 Å². The van der Waals surface area contributed by atoms with E-state index in [9.17, 15) is 14.4 Å². The highest BCUT2D eigenvalue weighted by molar-refractivity contribution is 5.88. The Morgan fingerprint density at radius 2 is 1.90 bits per heavy atom. The third-order valence-corrected chi connectivity index (χ3v) is 5.13. The van der Waals surface area contributed by atoms with Crippen LogP contribution in [-0.2, 0) is 4.79 Å². The lowest BCUT2D eigenvalue weighted by atomic mass is 9.83. The summed E-state index contributed by atoms with van der Waals surface area (Å²) < 4.78 is 0. The van der Waals surface area contributed by atoms with Gasteiger partial charge in [0, 0.05) is 18.5 Å². The fourth-order valence-electron chi connectivity index (χ4n) is 3.72. The van der Waals surface area contributed by atoms with Gasteiger partial charge >= 0.3 is 5.69 Å². The number of rotatable bonds is 8. The summed E-state index contributed by atoms with van der Waals surface area (Å²) in [6.07, 6.45) is 7.19. The molecule has 158 valence electrons. The second-order valence-electron chi connectivity index (χ2n) is 7.51. The SMILES string of the molecule is CC=CCCCC(C)C(c1ccc(NC(C)=O)cc1)c1nc2[nH]c(=O)[nH]c(=O)c2[nH]1. The molecule has 3 rings (SSSR count). The predicted molar refractivity (Wildman–Crippen MR) is 118 cm³/mol. The van der Waals surface area contributed by atoms with Crippen molar-refractivity contribution in [1.82, 2.24) is 19.9 Å². The number of anilines is 1. The van der Waals surface area contributed by atoms with Gasteiger partial charge in [0.25, 0.3) is 5.56 Å². The van der Waals surface area contributed by atoms with Gasteiger partial charge in [0.2, 0.25) is 5.91 Å². The highest BCUT2D eigenvalue weighted by atomic mass is 16.2. The molecule has 0 aliphatic heterocycles. The quantitative estimate of drug-likeness (QED) is 0.336. The Morgan fingerprint density at radius 3 is 2.57 bits per heavy atom. The van der Waals surface area contributed by atoms with Gasteiger partial charge in [0.15, 0.2) is 5.65 Å². The third-order valence-electron chi connectivity index (χ3n) is 5.13. The van der Waals surface area contributed by atoms with Crippen molar-refractivity contribution in [2.24, 2.45) is 5.92 Å². The van der Waals surface area contributed by atoms with Crippen LogP contribution in [0, 0.1) is 5.92 Å². The van der Waals surface area contributed by atoms with Crippen LogP contribution in [0.3, 0.4) is 0 Å². The van der Waals surface area contributed by atoms with E-state index < -0.39 is 11.2 Å². The Morgan fingerprint density at radius 1 is 1.17 bits per heavy atom. The molecule has 8 nitrogen and oxygen atoms in total. The van der Waals surface area contributed by atoms with E-state index in [0.29, 0.717) is 5.82 Å². The first kappa shape index (κ1) is 21.3. The van der Waals surface area contributed by atoms with E-state index in [1.807, 2.05) is 37.3 Å². The molecule has 0 saturated carbocycles. The summed E-state index contributed by atoms with van der Waals surface area (Å²) >= 11 is 0. The number of allylic oxidation sites excluding steroid dienone is 2. The van der Waals surface area contributed by atoms with E-state index in [1.54, 1.807) is 0 Å². The first-order valence-electron chi connectivity index (χ1n) is 10.1. The zero-order valence-electron chi connectivity index (χ0n) is 17.4. The summed E-state index contributed by atoms with van der Waals surface area (Å²) in [5.41, 5.74) is 1.16. The van der Waals surface area contributed by atoms with Gasteiger partial charge < -0.3 is 10.3 Å². The zero-order chi connectivity index (χ0) is 21.7. The van der Waals surface area contributed by atoms with Crippen LogP contribution in [0.4, 0.5) is 5.69 Å². The zero-order valence-corrected chi connectivity index (χ0v) is 17.4. The summed E-state index contributed by atoms with van der Waals surface area (Å²) in [7, 11) is 0. The highest BCUT2D eigenvalue weighted by Gasteiger charge is 2.25. The number of benzene rings is 1. The molecule has 2 aromatic heterocycles. The van der Waals surface area contributed by atoms with Crippen molar-refractivity contribution in [1.29, 1.82) is 0 Å². The van der Waals surface area contributed by atoms with Crippen LogP contribution in [0.2, 0.25) is 0 Å². The summed E-state index contributed by atoms with van der Waals surface area (Å²) in [5.74, 6) is 0.630. The van der Waals surface area contributed by atoms with Crippen LogP contribution in [0.1, 0.15) is 57.3 Å². The molecule has 0 bridgehead atoms. The summed E-state index contributed by atoms with van der Waals surface area (Å²) in [6, 6.07) is 7.62. The number of carbonyl (C=O) groups is 1. The minimum atomic E-state index is -0.582. The molecule has 0 saturated heterocycles. The van der Waals surface area contributed by atoms with Crippen molar-refractivity contribution in [2.75, 3.05) is 5.32 Å². The number of fused-ring (bicyclic) bond motifs is 1. The molecule has 0 aliphatic rings. The normalized spacial score (nSPS) is 13.6. The number of aromatic nitrogens is 4. The molecule has 2 atom stereocenters. The van der Waals surface area contributed by atoms with Gasteiger partial charge in [0.1, 0.15) is 11.3 Å². The van der Waals surface area contributed by atoms with Gasteiger partial charge in [-0.1, -0.05) is 31.2 Å². The van der Waals surface area contributed by atoms with Crippen molar-refractivity contribution >= 4 is 22.8 Å². The molecule has 0 radical (unpaired) electrons. The van der Waals surface area contributed by atoms with Crippen molar-refractivity contribution < 1.29 is 4.79 Å². The Kier molecular flexibility index (Phi) is 6.66. The number of aromatic amines is 3. The highest BCUT2D eigenvalue weighted by Crippen LogP contribution is 2.34. The molecule has 0 fully saturated rings. The van der Waals surface area contributed by atoms with Crippen molar-refractivity contribution in [3.05, 3.63) is 68.6 Å². The van der Waals surface area contributed by atoms with Crippen molar-refractivity contribution in [3.8, 4) is 0 Å². The molecule has 30 heavy (non-hydrogen) atoms. The van der Waals surface area contributed by atoms with Gasteiger partial charge in [-0.3, -0.25) is 19.6 Å². The van der Waals surface area contributed by atoms with Crippen molar-refractivity contribution in [3.63, 3.8) is 0 Å². The van der Waals surface area contributed by atoms with E-state index >= 15 is 0 Å². The first-order chi connectivity index (χ1) is 14.4. The molecule has 0 aliphatic carbocycles. The number of carbonyl (C=O) groups excluding carboxylic acids is 1. The van der Waals surface area contributed by atoms with Gasteiger partial charge in [-0.2, -0.15) is 0 Å². The van der Waals surface area contributed by atoms with Gasteiger partial charge in [0.05, 0.1) is 0 Å². The van der Waals surface area contributed by atoms with E-state index in [-0.39, 0.29) is 28.9 Å². The van der Waals surface area contributed by atoms with Crippen LogP contribution >= 0.6 is 0 Å². The number of imidazole rings is 1. The molecule has 1 aromatic carbocycles. The Bertz CT molecular complexity index is 1150. The van der Waals surface area contributed by atoms with Crippen LogP contribution in [0.5, 0.6) is 0 Å². The molecule has 2 heterocycles. The van der Waals surface area contributed by atoms with Gasteiger partial charge in [-0.05, 0) is 49.8 Å². The monoisotopic (exact) mass is 409 g/mol. The molecule has 2 unspecified atom stereocenters. The standard InChI is InChI=1S/C22H27N5O3/c1-4-5-6-7-8-13(2)17(15-9-11-16(12-10-15)23-14(3)28)19-24-18-20(25-19)26-22(30)27-21(18)29/h4-5,9-13,17H,6-8H2,1-3H3,(H,23,28)(H3,24,25,26,27,29,30). The number of H-pyrrole nitrogens is 3. The largest absolute Gasteiger partial charge is 0.336 e. The summed E-state index contributed by atoms with van der Waals surface area (Å²) in [4.78, 5) is 47.5. The first-order valence-corrected chi connectivity index (χ1v) is 10.1. The maximum absolute atomic E-state index is 12.1. The molecule has 8 heteroatoms. The number of amides is 1. The summed E-state index contributed by atoms with van der Waals surface area (Å²) in [6.45, 7) is 5.63. The lowest BCUT2D eigenvalue weighted by molar-refractivity contribution is -0.114. The third kappa shape index (κ3) is 4.94. The molecule has 3 aromatic rings. The molecule has 0 spiro atoms. The minimum absolute atomic E-state index is 0.0997. The topological polar surface area (TPSA) is 123 Å². The summed E-state index contributed by atoms with van der Waals surface area (Å²) in [5, 5.41) is 2.77. The van der Waals surface area contributed by atoms with Crippen LogP contribution < -0.4 is 16.6 Å². The van der Waals surface area contributed by atoms with E-state index in [4.69, 9.17) is 0 Å². The fourth-order valence-corrected chi connectivity index (χ4v) is 3.72. The van der Waals surface area contributed by atoms with Gasteiger partial charge in [-0.25, -0.2) is 9.78 Å². The van der Waals surface area contributed by atoms with Crippen LogP contribution in [0.25, 0.3) is 11.2 Å². The van der Waals surface area contributed by atoms with E-state index in [0.717, 1.165) is 30.5 Å². The number of hydrogen-bond acceptors (Lipinski definition) is 4. The molecular formula is C22H27N5O3. The Hall–Kier alpha value is -3.42. The van der Waals surface area contributed by atoms with Gasteiger partial charge in [-0.15, -0.1) is 0 Å². The Balaban J connectivity index is 1.99. The lowest BCUT2D eigenvalue weighted by Crippen LogP contribution is -2.21. The smallest absolute Gasteiger partial charge is 0.327 e. The minimum Gasteiger partial charge on any atom is -0.336 e. The molecule has 1 amide bonds. The second-order valence-corrected chi connectivity index (χ2v) is 7.51. The van der Waals surface area contributed by atoms with Crippen LogP contribution in [-0.4, -0.2) is 25.8 Å². The lowest BCUT2D eigenvalue weighted by Gasteiger charge is -2.23. The number of nitrogens with zero attached hydrogens (tertiary/aromatic N) is 1. The average molecular weight is 409 g/mol. The van der Waals surface area contributed by atoms with E-state index in [1.165, 1.54) is 6.92 Å². The molecular weight excluding hydrogens is 382 g/mol. The van der Waals surface area contributed by atoms with Crippen molar-refractivity contribution in [2.45, 2.75) is 46.0 Å². The predicted octanol–water partition coefficient (Wildman–Crippen LogP) is 3.41. The Labute approximate surface area is 173 Å². The number of nitrogens with one attached hydrogen (secondary N) is 4. The number of unbranched alkanes of at least 4 members (excludes halogenated alkanes) is 1. The second kappa shape index (κ2) is 9.39. The fraction of sp³-hybridized carbons (Fsp3) is 0.364. The maximum Gasteiger partial charge on any atom is 0.327 e. The maximum atomic E-state index is 12.1. The number of hydrogen-bond donors (Lipinski definition) is 4. The van der Waals surface area contributed by atoms with Crippen LogP contribution in [0.15, 0.2) is 46.0 Å². The average Bonchev–Trinajstić information content (AvgIpc) is 3.10. The molecule has 4 N–H and O–H groups in total.